The van der Waals surface area contributed by atoms with Gasteiger partial charge in [0.2, 0.25) is 11.8 Å². The third kappa shape index (κ3) is 3.39. The van der Waals surface area contributed by atoms with Gasteiger partial charge in [0.05, 0.1) is 0 Å². The van der Waals surface area contributed by atoms with Crippen molar-refractivity contribution in [2.75, 3.05) is 0 Å². The molecule has 0 radical (unpaired) electrons. The topological polar surface area (TPSA) is 52.1 Å². The third-order valence-electron chi connectivity index (χ3n) is 6.50. The molecule has 0 spiro atoms. The lowest BCUT2D eigenvalue weighted by Gasteiger charge is -2.04. The van der Waals surface area contributed by atoms with Crippen LogP contribution in [0.2, 0.25) is 0 Å². The van der Waals surface area contributed by atoms with Gasteiger partial charge in [0.15, 0.2) is 0 Å². The Morgan fingerprint density at radius 1 is 0.361 bits per heavy atom. The Kier molecular flexibility index (Phi) is 4.74. The average Bonchev–Trinajstić information content (AvgIpc) is 3.60. The number of hydrogen-bond donors (Lipinski definition) is 0. The SMILES string of the molecule is c1ccc(-c2nnc(-c3ccc(-c4cccc5c4oc4c(-c6ccccc6)cccc45)cc3)o2)cc1. The van der Waals surface area contributed by atoms with Gasteiger partial charge in [0, 0.05) is 33.0 Å². The van der Waals surface area contributed by atoms with E-state index in [2.05, 4.69) is 83.0 Å². The molecule has 0 atom stereocenters. The Morgan fingerprint density at radius 3 is 1.36 bits per heavy atom. The number of aromatic nitrogens is 2. The van der Waals surface area contributed by atoms with Gasteiger partial charge in [-0.2, -0.15) is 0 Å². The van der Waals surface area contributed by atoms with Crippen LogP contribution in [0.4, 0.5) is 0 Å². The second kappa shape index (κ2) is 8.36. The summed E-state index contributed by atoms with van der Waals surface area (Å²) in [6.45, 7) is 0. The van der Waals surface area contributed by atoms with Crippen molar-refractivity contribution in [3.05, 3.63) is 121 Å². The van der Waals surface area contributed by atoms with Gasteiger partial charge < -0.3 is 8.83 Å². The minimum atomic E-state index is 0.495. The smallest absolute Gasteiger partial charge is 0.248 e. The van der Waals surface area contributed by atoms with Crippen molar-refractivity contribution >= 4 is 21.9 Å². The highest BCUT2D eigenvalue weighted by Gasteiger charge is 2.16. The molecule has 0 amide bonds. The van der Waals surface area contributed by atoms with Crippen LogP contribution in [0.15, 0.2) is 130 Å². The van der Waals surface area contributed by atoms with E-state index in [1.54, 1.807) is 0 Å². The molecule has 4 nitrogen and oxygen atoms in total. The molecule has 2 heterocycles. The first-order chi connectivity index (χ1) is 17.8. The van der Waals surface area contributed by atoms with Crippen LogP contribution in [0.3, 0.4) is 0 Å². The van der Waals surface area contributed by atoms with Crippen LogP contribution in [0, 0.1) is 0 Å². The van der Waals surface area contributed by atoms with E-state index in [4.69, 9.17) is 8.83 Å². The molecule has 0 fully saturated rings. The number of furan rings is 1. The summed E-state index contributed by atoms with van der Waals surface area (Å²) in [4.78, 5) is 0. The van der Waals surface area contributed by atoms with E-state index in [9.17, 15) is 0 Å². The van der Waals surface area contributed by atoms with Crippen LogP contribution >= 0.6 is 0 Å². The van der Waals surface area contributed by atoms with E-state index < -0.39 is 0 Å². The molecule has 0 bridgehead atoms. The second-order valence-corrected chi connectivity index (χ2v) is 8.69. The summed E-state index contributed by atoms with van der Waals surface area (Å²) in [6, 6.07) is 40.9. The Bertz CT molecular complexity index is 1820. The summed E-state index contributed by atoms with van der Waals surface area (Å²) in [5.74, 6) is 1.01. The lowest BCUT2D eigenvalue weighted by Crippen LogP contribution is -1.81. The van der Waals surface area contributed by atoms with Crippen molar-refractivity contribution in [1.29, 1.82) is 0 Å². The van der Waals surface area contributed by atoms with E-state index in [0.29, 0.717) is 11.8 Å². The van der Waals surface area contributed by atoms with Crippen molar-refractivity contribution in [3.63, 3.8) is 0 Å². The number of nitrogens with zero attached hydrogens (tertiary/aromatic N) is 2. The Balaban J connectivity index is 1.29. The van der Waals surface area contributed by atoms with Gasteiger partial charge in [-0.15, -0.1) is 10.2 Å². The minimum absolute atomic E-state index is 0.495. The molecule has 4 heteroatoms. The zero-order valence-corrected chi connectivity index (χ0v) is 19.3. The summed E-state index contributed by atoms with van der Waals surface area (Å²) in [6.07, 6.45) is 0. The number of para-hydroxylation sites is 2. The standard InChI is InChI=1S/C32H20N2O2/c1-3-9-21(10-4-1)25-13-7-15-27-28-16-8-14-26(30(28)35-29(25)27)22-17-19-24(20-18-22)32-34-33-31(36-32)23-11-5-2-6-12-23/h1-20H. The molecular formula is C32H20N2O2. The molecule has 36 heavy (non-hydrogen) atoms. The zero-order valence-electron chi connectivity index (χ0n) is 19.3. The first-order valence-electron chi connectivity index (χ1n) is 11.8. The van der Waals surface area contributed by atoms with Crippen LogP contribution in [0.5, 0.6) is 0 Å². The molecular weight excluding hydrogens is 444 g/mol. The van der Waals surface area contributed by atoms with E-state index in [1.165, 1.54) is 0 Å². The fourth-order valence-corrected chi connectivity index (χ4v) is 4.72. The summed E-state index contributed by atoms with van der Waals surface area (Å²) in [7, 11) is 0. The molecule has 7 rings (SSSR count). The van der Waals surface area contributed by atoms with Crippen LogP contribution in [-0.4, -0.2) is 10.2 Å². The van der Waals surface area contributed by atoms with Gasteiger partial charge >= 0.3 is 0 Å². The summed E-state index contributed by atoms with van der Waals surface area (Å²) in [5, 5.41) is 10.7. The highest BCUT2D eigenvalue weighted by Crippen LogP contribution is 2.40. The number of hydrogen-bond acceptors (Lipinski definition) is 4. The molecule has 2 aromatic heterocycles. The van der Waals surface area contributed by atoms with Crippen molar-refractivity contribution < 1.29 is 8.83 Å². The molecule has 7 aromatic rings. The Labute approximate surface area is 207 Å². The zero-order chi connectivity index (χ0) is 23.9. The molecule has 0 unspecified atom stereocenters. The first-order valence-corrected chi connectivity index (χ1v) is 11.8. The highest BCUT2D eigenvalue weighted by molar-refractivity contribution is 6.13. The van der Waals surface area contributed by atoms with Crippen molar-refractivity contribution in [3.8, 4) is 45.2 Å². The Hall–Kier alpha value is -4.96. The van der Waals surface area contributed by atoms with Crippen LogP contribution in [0.1, 0.15) is 0 Å². The van der Waals surface area contributed by atoms with Gasteiger partial charge in [0.1, 0.15) is 11.2 Å². The van der Waals surface area contributed by atoms with Crippen molar-refractivity contribution in [1.82, 2.24) is 10.2 Å². The molecule has 0 saturated heterocycles. The summed E-state index contributed by atoms with van der Waals surface area (Å²) < 4.78 is 12.5. The van der Waals surface area contributed by atoms with Crippen molar-refractivity contribution in [2.45, 2.75) is 0 Å². The monoisotopic (exact) mass is 464 g/mol. The molecule has 170 valence electrons. The second-order valence-electron chi connectivity index (χ2n) is 8.69. The Morgan fingerprint density at radius 2 is 0.806 bits per heavy atom. The van der Waals surface area contributed by atoms with Crippen LogP contribution in [0.25, 0.3) is 67.1 Å². The lowest BCUT2D eigenvalue weighted by molar-refractivity contribution is 0.584. The van der Waals surface area contributed by atoms with Gasteiger partial charge in [-0.1, -0.05) is 97.1 Å². The maximum absolute atomic E-state index is 6.55. The lowest BCUT2D eigenvalue weighted by atomic mass is 9.99. The average molecular weight is 465 g/mol. The van der Waals surface area contributed by atoms with Gasteiger partial charge in [-0.3, -0.25) is 0 Å². The largest absolute Gasteiger partial charge is 0.455 e. The maximum atomic E-state index is 6.55. The van der Waals surface area contributed by atoms with Crippen molar-refractivity contribution in [2.24, 2.45) is 0 Å². The molecule has 0 aliphatic carbocycles. The quantitative estimate of drug-likeness (QED) is 0.262. The van der Waals surface area contributed by atoms with Gasteiger partial charge in [-0.25, -0.2) is 0 Å². The van der Waals surface area contributed by atoms with E-state index >= 15 is 0 Å². The number of rotatable bonds is 4. The molecule has 0 saturated carbocycles. The predicted molar refractivity (Wildman–Crippen MR) is 143 cm³/mol. The molecule has 0 N–H and O–H groups in total. The minimum Gasteiger partial charge on any atom is -0.455 e. The molecule has 0 aliphatic rings. The number of benzene rings is 5. The van der Waals surface area contributed by atoms with Crippen LogP contribution in [-0.2, 0) is 0 Å². The fourth-order valence-electron chi connectivity index (χ4n) is 4.72. The fraction of sp³-hybridized carbons (Fsp3) is 0. The molecule has 0 aliphatic heterocycles. The summed E-state index contributed by atoms with van der Waals surface area (Å²) >= 11 is 0. The normalized spacial score (nSPS) is 11.3. The predicted octanol–water partition coefficient (Wildman–Crippen LogP) is 8.64. The first kappa shape index (κ1) is 20.4. The maximum Gasteiger partial charge on any atom is 0.248 e. The number of fused-ring (bicyclic) bond motifs is 3. The van der Waals surface area contributed by atoms with Gasteiger partial charge in [-0.05, 0) is 35.4 Å². The van der Waals surface area contributed by atoms with E-state index in [-0.39, 0.29) is 0 Å². The highest BCUT2D eigenvalue weighted by atomic mass is 16.4. The van der Waals surface area contributed by atoms with E-state index in [0.717, 1.165) is 55.3 Å². The third-order valence-corrected chi connectivity index (χ3v) is 6.50. The van der Waals surface area contributed by atoms with E-state index in [1.807, 2.05) is 48.5 Å². The molecule has 5 aromatic carbocycles. The van der Waals surface area contributed by atoms with Gasteiger partial charge in [0.25, 0.3) is 0 Å². The van der Waals surface area contributed by atoms with Crippen LogP contribution < -0.4 is 0 Å². The summed E-state index contributed by atoms with van der Waals surface area (Å²) in [5.41, 5.74) is 7.90.